The zero-order valence-electron chi connectivity index (χ0n) is 16.3. The number of rotatable bonds is 2. The van der Waals surface area contributed by atoms with Gasteiger partial charge in [0.2, 0.25) is 5.78 Å². The predicted octanol–water partition coefficient (Wildman–Crippen LogP) is 0.422. The Morgan fingerprint density at radius 1 is 1.13 bits per heavy atom. The van der Waals surface area contributed by atoms with Gasteiger partial charge < -0.3 is 31.9 Å². The molecule has 1 amide bonds. The molecular formula is C22H20N2O7. The second-order valence-electron chi connectivity index (χ2n) is 8.51. The summed E-state index contributed by atoms with van der Waals surface area (Å²) < 4.78 is 0. The molecule has 0 heterocycles. The van der Waals surface area contributed by atoms with Gasteiger partial charge in [-0.25, -0.2) is 0 Å². The van der Waals surface area contributed by atoms with E-state index in [9.17, 15) is 34.8 Å². The second kappa shape index (κ2) is 6.05. The van der Waals surface area contributed by atoms with Gasteiger partial charge in [0, 0.05) is 5.92 Å². The molecule has 0 aliphatic heterocycles. The first-order chi connectivity index (χ1) is 14.6. The maximum absolute atomic E-state index is 13.4. The van der Waals surface area contributed by atoms with Crippen molar-refractivity contribution in [3.8, 4) is 11.5 Å². The van der Waals surface area contributed by atoms with E-state index < -0.39 is 52.1 Å². The van der Waals surface area contributed by atoms with Crippen LogP contribution >= 0.6 is 0 Å². The van der Waals surface area contributed by atoms with Gasteiger partial charge in [0.1, 0.15) is 22.8 Å². The quantitative estimate of drug-likeness (QED) is 0.375. The van der Waals surface area contributed by atoms with Crippen LogP contribution < -0.4 is 11.5 Å². The van der Waals surface area contributed by atoms with Gasteiger partial charge in [0.05, 0.1) is 17.0 Å². The number of phenolic OH excluding ortho intramolecular Hbond substituents is 2. The maximum Gasteiger partial charge on any atom is 0.255 e. The maximum atomic E-state index is 13.4. The SMILES string of the molecule is NC(=O)C1=C(O)[C@@]2(O)C(=O)c3c(cc4c(C5CC5)ccc(O)c4c3O)C[C@H]2[C@@H](N)C1=O. The van der Waals surface area contributed by atoms with E-state index in [1.165, 1.54) is 6.07 Å². The molecule has 0 bridgehead atoms. The number of benzene rings is 2. The van der Waals surface area contributed by atoms with E-state index in [0.717, 1.165) is 18.4 Å². The Bertz CT molecular complexity index is 1260. The van der Waals surface area contributed by atoms with E-state index in [2.05, 4.69) is 0 Å². The third-order valence-electron chi connectivity index (χ3n) is 6.76. The average molecular weight is 424 g/mol. The van der Waals surface area contributed by atoms with Crippen LogP contribution in [0.5, 0.6) is 11.5 Å². The molecule has 0 aromatic heterocycles. The molecule has 0 spiro atoms. The molecule has 0 saturated heterocycles. The lowest BCUT2D eigenvalue weighted by Gasteiger charge is -2.44. The van der Waals surface area contributed by atoms with Gasteiger partial charge in [-0.2, -0.15) is 0 Å². The average Bonchev–Trinajstić information content (AvgIpc) is 3.54. The lowest BCUT2D eigenvalue weighted by atomic mass is 9.62. The van der Waals surface area contributed by atoms with Crippen LogP contribution in [0.25, 0.3) is 10.8 Å². The number of nitrogens with two attached hydrogens (primary N) is 2. The lowest BCUT2D eigenvalue weighted by Crippen LogP contribution is -2.64. The molecule has 160 valence electrons. The van der Waals surface area contributed by atoms with E-state index in [1.54, 1.807) is 12.1 Å². The fraction of sp³-hybridized carbons (Fsp3) is 0.318. The minimum Gasteiger partial charge on any atom is -0.508 e. The zero-order chi connectivity index (χ0) is 22.4. The topological polar surface area (TPSA) is 184 Å². The molecule has 5 rings (SSSR count). The third kappa shape index (κ3) is 2.35. The Labute approximate surface area is 175 Å². The number of fused-ring (bicyclic) bond motifs is 3. The first-order valence-electron chi connectivity index (χ1n) is 9.89. The Morgan fingerprint density at radius 2 is 1.81 bits per heavy atom. The van der Waals surface area contributed by atoms with Crippen LogP contribution in [-0.2, 0) is 16.0 Å². The number of aromatic hydroxyl groups is 2. The number of carbonyl (C=O) groups excluding carboxylic acids is 3. The van der Waals surface area contributed by atoms with E-state index >= 15 is 0 Å². The third-order valence-corrected chi connectivity index (χ3v) is 6.76. The van der Waals surface area contributed by atoms with Crippen LogP contribution in [0.1, 0.15) is 40.2 Å². The van der Waals surface area contributed by atoms with Gasteiger partial charge in [-0.3, -0.25) is 14.4 Å². The van der Waals surface area contributed by atoms with E-state index in [0.29, 0.717) is 10.9 Å². The summed E-state index contributed by atoms with van der Waals surface area (Å²) in [7, 11) is 0. The molecule has 9 nitrogen and oxygen atoms in total. The van der Waals surface area contributed by atoms with Gasteiger partial charge in [0.25, 0.3) is 5.91 Å². The first kappa shape index (κ1) is 19.5. The Kier molecular flexibility index (Phi) is 3.81. The number of Topliss-reactive ketones (excluding diaryl/α,β-unsaturated/α-hetero) is 2. The van der Waals surface area contributed by atoms with Crippen LogP contribution in [0.15, 0.2) is 29.5 Å². The number of hydrogen-bond acceptors (Lipinski definition) is 8. The summed E-state index contributed by atoms with van der Waals surface area (Å²) in [6, 6.07) is 3.39. The highest BCUT2D eigenvalue weighted by molar-refractivity contribution is 6.24. The number of aliphatic hydroxyl groups excluding tert-OH is 1. The monoisotopic (exact) mass is 424 g/mol. The Morgan fingerprint density at radius 3 is 2.42 bits per heavy atom. The molecule has 9 heteroatoms. The van der Waals surface area contributed by atoms with E-state index in [4.69, 9.17) is 11.5 Å². The van der Waals surface area contributed by atoms with Gasteiger partial charge in [-0.15, -0.1) is 0 Å². The van der Waals surface area contributed by atoms with Crippen molar-refractivity contribution in [1.29, 1.82) is 0 Å². The number of amides is 1. The molecule has 0 unspecified atom stereocenters. The summed E-state index contributed by atoms with van der Waals surface area (Å²) >= 11 is 0. The minimum atomic E-state index is -2.71. The van der Waals surface area contributed by atoms with E-state index in [1.807, 2.05) is 0 Å². The Hall–Kier alpha value is -3.43. The number of aliphatic hydroxyl groups is 2. The highest BCUT2D eigenvalue weighted by Gasteiger charge is 2.61. The Balaban J connectivity index is 1.81. The predicted molar refractivity (Wildman–Crippen MR) is 108 cm³/mol. The van der Waals surface area contributed by atoms with Crippen LogP contribution in [0.3, 0.4) is 0 Å². The van der Waals surface area contributed by atoms with Crippen LogP contribution in [-0.4, -0.2) is 49.5 Å². The molecule has 3 atom stereocenters. The van der Waals surface area contributed by atoms with Gasteiger partial charge >= 0.3 is 0 Å². The molecule has 31 heavy (non-hydrogen) atoms. The normalized spacial score (nSPS) is 27.9. The van der Waals surface area contributed by atoms with Crippen molar-refractivity contribution in [2.45, 2.75) is 36.8 Å². The molecule has 0 radical (unpaired) electrons. The second-order valence-corrected chi connectivity index (χ2v) is 8.51. The molecule has 2 aromatic carbocycles. The first-order valence-corrected chi connectivity index (χ1v) is 9.89. The molecule has 3 aliphatic rings. The number of hydrogen-bond donors (Lipinski definition) is 6. The molecule has 1 saturated carbocycles. The molecule has 2 aromatic rings. The molecule has 1 fully saturated rings. The number of carbonyl (C=O) groups is 3. The fourth-order valence-corrected chi connectivity index (χ4v) is 5.03. The summed E-state index contributed by atoms with van der Waals surface area (Å²) in [6.45, 7) is 0. The van der Waals surface area contributed by atoms with Crippen molar-refractivity contribution in [1.82, 2.24) is 0 Å². The minimum absolute atomic E-state index is 0.0633. The van der Waals surface area contributed by atoms with Gasteiger partial charge in [0.15, 0.2) is 11.4 Å². The van der Waals surface area contributed by atoms with Crippen molar-refractivity contribution in [2.75, 3.05) is 0 Å². The van der Waals surface area contributed by atoms with E-state index in [-0.39, 0.29) is 29.0 Å². The van der Waals surface area contributed by atoms with Crippen molar-refractivity contribution >= 4 is 28.2 Å². The van der Waals surface area contributed by atoms with Crippen molar-refractivity contribution in [2.24, 2.45) is 17.4 Å². The van der Waals surface area contributed by atoms with Crippen LogP contribution in [0.4, 0.5) is 0 Å². The smallest absolute Gasteiger partial charge is 0.255 e. The number of primary amides is 1. The van der Waals surface area contributed by atoms with Crippen molar-refractivity contribution < 1.29 is 34.8 Å². The molecular weight excluding hydrogens is 404 g/mol. The highest BCUT2D eigenvalue weighted by atomic mass is 16.3. The highest BCUT2D eigenvalue weighted by Crippen LogP contribution is 2.51. The number of ketones is 2. The fourth-order valence-electron chi connectivity index (χ4n) is 5.03. The van der Waals surface area contributed by atoms with Gasteiger partial charge in [-0.05, 0) is 53.8 Å². The molecule has 8 N–H and O–H groups in total. The molecule has 3 aliphatic carbocycles. The lowest BCUT2D eigenvalue weighted by molar-refractivity contribution is -0.127. The summed E-state index contributed by atoms with van der Waals surface area (Å²) in [6.07, 6.45) is 1.81. The zero-order valence-corrected chi connectivity index (χ0v) is 16.3. The number of phenols is 2. The van der Waals surface area contributed by atoms with Gasteiger partial charge in [-0.1, -0.05) is 6.07 Å². The van der Waals surface area contributed by atoms with Crippen LogP contribution in [0.2, 0.25) is 0 Å². The van der Waals surface area contributed by atoms with Crippen LogP contribution in [0, 0.1) is 5.92 Å². The summed E-state index contributed by atoms with van der Waals surface area (Å²) in [4.78, 5) is 37.6. The largest absolute Gasteiger partial charge is 0.508 e. The summed E-state index contributed by atoms with van der Waals surface area (Å²) in [5, 5.41) is 43.8. The van der Waals surface area contributed by atoms with Crippen molar-refractivity contribution in [3.05, 3.63) is 46.2 Å². The standard InChI is InChI=1S/C22H20N2O7/c23-16-11-6-8-5-10-9(7-1-2-7)3-4-12(25)14(10)17(26)13(8)19(28)22(11,31)20(29)15(18(16)27)21(24)30/h3-5,7,11,16,25-26,29,31H,1-2,6,23H2,(H2,24,30)/t11-,16+,22-/m0/s1. The van der Waals surface area contributed by atoms with Crippen molar-refractivity contribution in [3.63, 3.8) is 0 Å². The summed E-state index contributed by atoms with van der Waals surface area (Å²) in [5.74, 6) is -6.33. The summed E-state index contributed by atoms with van der Waals surface area (Å²) in [5.41, 5.74) is 8.45.